The normalized spacial score (nSPS) is 34.5. The smallest absolute Gasteiger partial charge is 0.232 e. The highest BCUT2D eigenvalue weighted by Gasteiger charge is 2.41. The van der Waals surface area contributed by atoms with Gasteiger partial charge in [-0.2, -0.15) is 0 Å². The predicted molar refractivity (Wildman–Crippen MR) is 49.1 cm³/mol. The Bertz CT molecular complexity index is 195. The molecule has 1 aliphatic carbocycles. The van der Waals surface area contributed by atoms with Gasteiger partial charge in [-0.3, -0.25) is 10.1 Å². The molecule has 1 aliphatic rings. The van der Waals surface area contributed by atoms with Crippen LogP contribution in [0.4, 0.5) is 0 Å². The average molecular weight is 187 g/mol. The van der Waals surface area contributed by atoms with Crippen molar-refractivity contribution in [3.8, 4) is 0 Å². The van der Waals surface area contributed by atoms with Gasteiger partial charge in [0, 0.05) is 4.92 Å². The standard InChI is InChI=1S/C9H17NO3/c1-2-8-5-3-4-6-9(8,11)7-10(12)13/h8,11H,2-7H2,1H3. The molecular weight excluding hydrogens is 170 g/mol. The first kappa shape index (κ1) is 10.4. The Morgan fingerprint density at radius 2 is 2.31 bits per heavy atom. The lowest BCUT2D eigenvalue weighted by molar-refractivity contribution is -0.505. The van der Waals surface area contributed by atoms with Gasteiger partial charge < -0.3 is 5.11 Å². The molecule has 0 amide bonds. The molecule has 0 aromatic rings. The van der Waals surface area contributed by atoms with Gasteiger partial charge in [0.15, 0.2) is 0 Å². The molecule has 0 bridgehead atoms. The second-order valence-electron chi connectivity index (χ2n) is 3.95. The quantitative estimate of drug-likeness (QED) is 0.539. The van der Waals surface area contributed by atoms with Crippen LogP contribution < -0.4 is 0 Å². The van der Waals surface area contributed by atoms with Crippen LogP contribution in [0.3, 0.4) is 0 Å². The minimum atomic E-state index is -1.03. The van der Waals surface area contributed by atoms with Crippen LogP contribution in [0.25, 0.3) is 0 Å². The van der Waals surface area contributed by atoms with Crippen molar-refractivity contribution >= 4 is 0 Å². The van der Waals surface area contributed by atoms with Gasteiger partial charge in [0.1, 0.15) is 5.60 Å². The van der Waals surface area contributed by atoms with E-state index in [1.807, 2.05) is 6.92 Å². The number of nitrogens with zero attached hydrogens (tertiary/aromatic N) is 1. The fraction of sp³-hybridized carbons (Fsp3) is 1.00. The largest absolute Gasteiger partial charge is 0.383 e. The zero-order valence-corrected chi connectivity index (χ0v) is 8.03. The first-order valence-electron chi connectivity index (χ1n) is 4.92. The summed E-state index contributed by atoms with van der Waals surface area (Å²) in [5.74, 6) is 0.117. The molecule has 1 rings (SSSR count). The summed E-state index contributed by atoms with van der Waals surface area (Å²) >= 11 is 0. The first-order chi connectivity index (χ1) is 6.08. The summed E-state index contributed by atoms with van der Waals surface area (Å²) < 4.78 is 0. The van der Waals surface area contributed by atoms with Crippen LogP contribution in [0, 0.1) is 16.0 Å². The minimum absolute atomic E-state index is 0.117. The van der Waals surface area contributed by atoms with Crippen molar-refractivity contribution in [1.82, 2.24) is 0 Å². The minimum Gasteiger partial charge on any atom is -0.383 e. The van der Waals surface area contributed by atoms with Gasteiger partial charge in [-0.25, -0.2) is 0 Å². The van der Waals surface area contributed by atoms with Crippen LogP contribution in [0.2, 0.25) is 0 Å². The highest BCUT2D eigenvalue weighted by atomic mass is 16.6. The summed E-state index contributed by atoms with van der Waals surface area (Å²) in [5.41, 5.74) is -1.03. The molecule has 4 heteroatoms. The third kappa shape index (κ3) is 2.40. The first-order valence-corrected chi connectivity index (χ1v) is 4.92. The zero-order chi connectivity index (χ0) is 9.90. The summed E-state index contributed by atoms with van der Waals surface area (Å²) in [6.07, 6.45) is 4.37. The van der Waals surface area contributed by atoms with Gasteiger partial charge in [0.05, 0.1) is 0 Å². The van der Waals surface area contributed by atoms with Crippen molar-refractivity contribution in [2.75, 3.05) is 6.54 Å². The fourth-order valence-electron chi connectivity index (χ4n) is 2.31. The highest BCUT2D eigenvalue weighted by Crippen LogP contribution is 2.35. The maximum absolute atomic E-state index is 10.4. The molecule has 0 saturated heterocycles. The maximum atomic E-state index is 10.4. The number of hydrogen-bond acceptors (Lipinski definition) is 3. The lowest BCUT2D eigenvalue weighted by Crippen LogP contribution is -2.46. The molecule has 2 unspecified atom stereocenters. The summed E-state index contributed by atoms with van der Waals surface area (Å²) in [7, 11) is 0. The molecule has 0 heterocycles. The van der Waals surface area contributed by atoms with Crippen LogP contribution in [0.1, 0.15) is 39.0 Å². The Morgan fingerprint density at radius 1 is 1.62 bits per heavy atom. The highest BCUT2D eigenvalue weighted by molar-refractivity contribution is 4.88. The molecule has 76 valence electrons. The summed E-state index contributed by atoms with van der Waals surface area (Å²) in [6, 6.07) is 0. The number of rotatable bonds is 3. The Labute approximate surface area is 78.1 Å². The lowest BCUT2D eigenvalue weighted by Gasteiger charge is -2.36. The number of aliphatic hydroxyl groups is 1. The Balaban J connectivity index is 2.64. The van der Waals surface area contributed by atoms with Gasteiger partial charge >= 0.3 is 0 Å². The van der Waals surface area contributed by atoms with E-state index < -0.39 is 10.5 Å². The van der Waals surface area contributed by atoms with Gasteiger partial charge in [-0.05, 0) is 18.8 Å². The second-order valence-corrected chi connectivity index (χ2v) is 3.95. The lowest BCUT2D eigenvalue weighted by atomic mass is 9.74. The SMILES string of the molecule is CCC1CCCCC1(O)C[N+](=O)[O-]. The molecule has 0 aromatic heterocycles. The Kier molecular flexibility index (Phi) is 3.25. The van der Waals surface area contributed by atoms with Crippen molar-refractivity contribution in [2.45, 2.75) is 44.6 Å². The molecule has 1 fully saturated rings. The summed E-state index contributed by atoms with van der Waals surface area (Å²) in [6.45, 7) is 1.70. The van der Waals surface area contributed by atoms with E-state index in [4.69, 9.17) is 0 Å². The fourth-order valence-corrected chi connectivity index (χ4v) is 2.31. The topological polar surface area (TPSA) is 63.4 Å². The molecule has 1 saturated carbocycles. The maximum Gasteiger partial charge on any atom is 0.232 e. The summed E-state index contributed by atoms with van der Waals surface area (Å²) in [4.78, 5) is 9.98. The average Bonchev–Trinajstić information content (AvgIpc) is 2.03. The molecule has 0 aliphatic heterocycles. The van der Waals surface area contributed by atoms with Crippen molar-refractivity contribution in [3.63, 3.8) is 0 Å². The van der Waals surface area contributed by atoms with E-state index in [0.717, 1.165) is 25.7 Å². The van der Waals surface area contributed by atoms with Crippen molar-refractivity contribution < 1.29 is 10.0 Å². The second kappa shape index (κ2) is 4.05. The number of nitro groups is 1. The Morgan fingerprint density at radius 3 is 2.85 bits per heavy atom. The van der Waals surface area contributed by atoms with Crippen molar-refractivity contribution in [2.24, 2.45) is 5.92 Å². The molecule has 1 N–H and O–H groups in total. The molecule has 13 heavy (non-hydrogen) atoms. The predicted octanol–water partition coefficient (Wildman–Crippen LogP) is 1.59. The molecular formula is C9H17NO3. The van der Waals surface area contributed by atoms with Crippen LogP contribution in [-0.4, -0.2) is 22.2 Å². The van der Waals surface area contributed by atoms with Gasteiger partial charge in [0.25, 0.3) is 0 Å². The van der Waals surface area contributed by atoms with Crippen molar-refractivity contribution in [3.05, 3.63) is 10.1 Å². The zero-order valence-electron chi connectivity index (χ0n) is 8.03. The Hall–Kier alpha value is -0.640. The summed E-state index contributed by atoms with van der Waals surface area (Å²) in [5, 5.41) is 20.4. The van der Waals surface area contributed by atoms with Crippen LogP contribution >= 0.6 is 0 Å². The van der Waals surface area contributed by atoms with Crippen LogP contribution in [0.5, 0.6) is 0 Å². The third-order valence-corrected chi connectivity index (χ3v) is 3.07. The van der Waals surface area contributed by atoms with E-state index >= 15 is 0 Å². The number of hydrogen-bond donors (Lipinski definition) is 1. The molecule has 0 aromatic carbocycles. The van der Waals surface area contributed by atoms with Gasteiger partial charge in [-0.15, -0.1) is 0 Å². The van der Waals surface area contributed by atoms with E-state index in [9.17, 15) is 15.2 Å². The molecule has 4 nitrogen and oxygen atoms in total. The monoisotopic (exact) mass is 187 g/mol. The van der Waals surface area contributed by atoms with Crippen molar-refractivity contribution in [1.29, 1.82) is 0 Å². The van der Waals surface area contributed by atoms with Gasteiger partial charge in [0.2, 0.25) is 6.54 Å². The van der Waals surface area contributed by atoms with E-state index in [2.05, 4.69) is 0 Å². The van der Waals surface area contributed by atoms with Crippen LogP contribution in [-0.2, 0) is 0 Å². The van der Waals surface area contributed by atoms with E-state index in [1.54, 1.807) is 0 Å². The molecule has 2 atom stereocenters. The van der Waals surface area contributed by atoms with E-state index in [0.29, 0.717) is 6.42 Å². The molecule has 0 spiro atoms. The van der Waals surface area contributed by atoms with E-state index in [1.165, 1.54) is 0 Å². The molecule has 0 radical (unpaired) electrons. The van der Waals surface area contributed by atoms with Gasteiger partial charge in [-0.1, -0.05) is 26.2 Å². The third-order valence-electron chi connectivity index (χ3n) is 3.07. The van der Waals surface area contributed by atoms with Crippen LogP contribution in [0.15, 0.2) is 0 Å². The van der Waals surface area contributed by atoms with E-state index in [-0.39, 0.29) is 12.5 Å².